The van der Waals surface area contributed by atoms with Gasteiger partial charge >= 0.3 is 6.18 Å². The minimum Gasteiger partial charge on any atom is -0.461 e. The van der Waals surface area contributed by atoms with Crippen LogP contribution in [0.3, 0.4) is 0 Å². The first kappa shape index (κ1) is 23.3. The number of rotatable bonds is 5. The van der Waals surface area contributed by atoms with Gasteiger partial charge in [-0.2, -0.15) is 13.2 Å². The van der Waals surface area contributed by atoms with Crippen LogP contribution in [0.15, 0.2) is 60.7 Å². The lowest BCUT2D eigenvalue weighted by molar-refractivity contribution is -0.240. The van der Waals surface area contributed by atoms with Crippen molar-refractivity contribution in [1.82, 2.24) is 0 Å². The van der Waals surface area contributed by atoms with Crippen molar-refractivity contribution in [1.29, 1.82) is 0 Å². The lowest BCUT2D eigenvalue weighted by atomic mass is 10.0. The van der Waals surface area contributed by atoms with Crippen molar-refractivity contribution in [2.24, 2.45) is 0 Å². The predicted molar refractivity (Wildman–Crippen MR) is 117 cm³/mol. The fraction of sp³-hybridized carbons (Fsp3) is 0.280. The Morgan fingerprint density at radius 1 is 0.939 bits per heavy atom. The highest BCUT2D eigenvalue weighted by atomic mass is 19.4. The molecule has 33 heavy (non-hydrogen) atoms. The molecular formula is C25H23F3O5. The van der Waals surface area contributed by atoms with Crippen LogP contribution in [0.1, 0.15) is 23.1 Å². The maximum atomic E-state index is 13.4. The molecule has 174 valence electrons. The average molecular weight is 460 g/mol. The molecule has 8 heteroatoms. The van der Waals surface area contributed by atoms with Gasteiger partial charge in [-0.3, -0.25) is 0 Å². The summed E-state index contributed by atoms with van der Waals surface area (Å²) in [5.41, 5.74) is -0.305. The second-order valence-electron chi connectivity index (χ2n) is 7.88. The number of halogens is 3. The third-order valence-corrected chi connectivity index (χ3v) is 5.54. The number of alkyl halides is 3. The van der Waals surface area contributed by atoms with Crippen LogP contribution in [0.25, 0.3) is 22.9 Å². The molecule has 5 nitrogen and oxygen atoms in total. The summed E-state index contributed by atoms with van der Waals surface area (Å²) in [7, 11) is 0. The van der Waals surface area contributed by atoms with E-state index in [1.54, 1.807) is 12.1 Å². The topological polar surface area (TPSA) is 79.2 Å². The molecule has 3 N–H and O–H groups in total. The van der Waals surface area contributed by atoms with Crippen molar-refractivity contribution in [3.05, 3.63) is 77.4 Å². The summed E-state index contributed by atoms with van der Waals surface area (Å²) in [5.74, 6) is 0.254. The van der Waals surface area contributed by atoms with Crippen LogP contribution in [0.5, 0.6) is 5.75 Å². The summed E-state index contributed by atoms with van der Waals surface area (Å²) in [4.78, 5) is 0. The Kier molecular flexibility index (Phi) is 6.71. The third-order valence-electron chi connectivity index (χ3n) is 5.54. The summed E-state index contributed by atoms with van der Waals surface area (Å²) in [6.07, 6.45) is -6.09. The molecule has 3 aromatic carbocycles. The molecule has 0 aliphatic carbocycles. The molecule has 0 amide bonds. The van der Waals surface area contributed by atoms with E-state index >= 15 is 0 Å². The quantitative estimate of drug-likeness (QED) is 0.497. The summed E-state index contributed by atoms with van der Waals surface area (Å²) in [6.45, 7) is -0.359. The minimum absolute atomic E-state index is 0.00572. The van der Waals surface area contributed by atoms with E-state index in [1.807, 2.05) is 24.3 Å². The van der Waals surface area contributed by atoms with Gasteiger partial charge in [0.05, 0.1) is 24.4 Å². The summed E-state index contributed by atoms with van der Waals surface area (Å²) in [6, 6.07) is 16.1. The van der Waals surface area contributed by atoms with E-state index < -0.39 is 36.3 Å². The summed E-state index contributed by atoms with van der Waals surface area (Å²) < 4.78 is 51.6. The molecule has 0 spiro atoms. The van der Waals surface area contributed by atoms with Gasteiger partial charge in [0, 0.05) is 12.0 Å². The Labute approximate surface area is 188 Å². The number of hydrogen-bond acceptors (Lipinski definition) is 5. The number of aliphatic hydroxyl groups is 3. The highest BCUT2D eigenvalue weighted by molar-refractivity contribution is 5.88. The highest BCUT2D eigenvalue weighted by Gasteiger charge is 2.38. The van der Waals surface area contributed by atoms with Crippen LogP contribution in [-0.2, 0) is 10.9 Å². The number of hydrogen-bond donors (Lipinski definition) is 3. The first-order chi connectivity index (χ1) is 15.8. The average Bonchev–Trinajstić information content (AvgIpc) is 2.80. The molecule has 1 aliphatic heterocycles. The van der Waals surface area contributed by atoms with Crippen molar-refractivity contribution >= 4 is 22.9 Å². The molecule has 1 fully saturated rings. The molecule has 4 atom stereocenters. The second kappa shape index (κ2) is 9.52. The molecule has 3 unspecified atom stereocenters. The zero-order valence-electron chi connectivity index (χ0n) is 17.4. The highest BCUT2D eigenvalue weighted by Crippen LogP contribution is 2.34. The summed E-state index contributed by atoms with van der Waals surface area (Å²) >= 11 is 0. The van der Waals surface area contributed by atoms with Crippen LogP contribution in [0.2, 0.25) is 0 Å². The predicted octanol–water partition coefficient (Wildman–Crippen LogP) is 4.24. The van der Waals surface area contributed by atoms with E-state index in [-0.39, 0.29) is 24.3 Å². The SMILES string of the molecule is OCC1CC(O)[C@@H](O)C(Oc2cc3ccccc3cc2/C=C/c2ccccc2C(F)(F)F)O1. The number of ether oxygens (including phenoxy) is 2. The fourth-order valence-electron chi connectivity index (χ4n) is 3.81. The molecule has 0 saturated carbocycles. The van der Waals surface area contributed by atoms with Crippen LogP contribution in [0.4, 0.5) is 13.2 Å². The number of aliphatic hydroxyl groups excluding tert-OH is 3. The molecule has 1 aliphatic rings. The van der Waals surface area contributed by atoms with E-state index in [0.717, 1.165) is 16.8 Å². The van der Waals surface area contributed by atoms with E-state index in [2.05, 4.69) is 0 Å². The molecule has 3 aromatic rings. The Morgan fingerprint density at radius 2 is 1.58 bits per heavy atom. The Hall–Kier alpha value is -2.91. The van der Waals surface area contributed by atoms with Crippen LogP contribution >= 0.6 is 0 Å². The van der Waals surface area contributed by atoms with Crippen molar-refractivity contribution in [2.75, 3.05) is 6.61 Å². The maximum absolute atomic E-state index is 13.4. The molecule has 0 bridgehead atoms. The standard InChI is InChI=1S/C25H23F3O5/c26-25(27,28)20-8-4-3-5-15(20)9-10-18-11-16-6-1-2-7-17(16)12-22(18)33-24-23(31)21(30)13-19(14-29)32-24/h1-12,19,21,23-24,29-31H,13-14H2/b10-9+/t19?,21?,23-,24?/m1/s1. The molecule has 1 saturated heterocycles. The number of fused-ring (bicyclic) bond motifs is 1. The lowest BCUT2D eigenvalue weighted by Gasteiger charge is -2.36. The van der Waals surface area contributed by atoms with Gasteiger partial charge in [-0.05, 0) is 34.5 Å². The van der Waals surface area contributed by atoms with Gasteiger partial charge < -0.3 is 24.8 Å². The van der Waals surface area contributed by atoms with E-state index in [9.17, 15) is 28.5 Å². The Bertz CT molecular complexity index is 1140. The van der Waals surface area contributed by atoms with Gasteiger partial charge in [-0.15, -0.1) is 0 Å². The zero-order valence-corrected chi connectivity index (χ0v) is 17.4. The molecular weight excluding hydrogens is 437 g/mol. The molecule has 4 rings (SSSR count). The van der Waals surface area contributed by atoms with Crippen molar-refractivity contribution in [2.45, 2.75) is 37.2 Å². The van der Waals surface area contributed by atoms with Gasteiger partial charge in [0.15, 0.2) is 0 Å². The Balaban J connectivity index is 1.73. The van der Waals surface area contributed by atoms with Gasteiger partial charge in [-0.1, -0.05) is 54.6 Å². The Morgan fingerprint density at radius 3 is 2.27 bits per heavy atom. The third kappa shape index (κ3) is 5.20. The molecule has 0 aromatic heterocycles. The van der Waals surface area contributed by atoms with Crippen molar-refractivity contribution < 1.29 is 38.0 Å². The van der Waals surface area contributed by atoms with Gasteiger partial charge in [0.25, 0.3) is 0 Å². The second-order valence-corrected chi connectivity index (χ2v) is 7.88. The van der Waals surface area contributed by atoms with Gasteiger partial charge in [0.1, 0.15) is 11.9 Å². The van der Waals surface area contributed by atoms with Crippen LogP contribution in [-0.4, -0.2) is 46.5 Å². The van der Waals surface area contributed by atoms with Gasteiger partial charge in [0.2, 0.25) is 6.29 Å². The smallest absolute Gasteiger partial charge is 0.416 e. The first-order valence-electron chi connectivity index (χ1n) is 10.4. The van der Waals surface area contributed by atoms with E-state index in [4.69, 9.17) is 9.47 Å². The van der Waals surface area contributed by atoms with Gasteiger partial charge in [-0.25, -0.2) is 0 Å². The maximum Gasteiger partial charge on any atom is 0.416 e. The zero-order chi connectivity index (χ0) is 23.6. The summed E-state index contributed by atoms with van der Waals surface area (Å²) in [5, 5.41) is 31.5. The molecule has 1 heterocycles. The minimum atomic E-state index is -4.50. The van der Waals surface area contributed by atoms with E-state index in [1.165, 1.54) is 30.4 Å². The normalized spacial score (nSPS) is 23.8. The fourth-order valence-corrected chi connectivity index (χ4v) is 3.81. The first-order valence-corrected chi connectivity index (χ1v) is 10.4. The largest absolute Gasteiger partial charge is 0.461 e. The van der Waals surface area contributed by atoms with Crippen molar-refractivity contribution in [3.63, 3.8) is 0 Å². The van der Waals surface area contributed by atoms with Crippen molar-refractivity contribution in [3.8, 4) is 5.75 Å². The van der Waals surface area contributed by atoms with E-state index in [0.29, 0.717) is 5.56 Å². The number of benzene rings is 3. The lowest BCUT2D eigenvalue weighted by Crippen LogP contribution is -2.51. The van der Waals surface area contributed by atoms with Crippen LogP contribution in [0, 0.1) is 0 Å². The van der Waals surface area contributed by atoms with Crippen LogP contribution < -0.4 is 4.74 Å². The molecule has 0 radical (unpaired) electrons. The monoisotopic (exact) mass is 460 g/mol.